The van der Waals surface area contributed by atoms with Crippen LogP contribution in [0.2, 0.25) is 0 Å². The van der Waals surface area contributed by atoms with E-state index < -0.39 is 5.97 Å². The lowest BCUT2D eigenvalue weighted by Gasteiger charge is -1.96. The molecule has 0 radical (unpaired) electrons. The maximum absolute atomic E-state index is 10.8. The third kappa shape index (κ3) is 2.42. The Morgan fingerprint density at radius 2 is 2.11 bits per heavy atom. The zero-order chi connectivity index (χ0) is 13.1. The van der Waals surface area contributed by atoms with E-state index in [2.05, 4.69) is 20.4 Å². The van der Waals surface area contributed by atoms with Crippen molar-refractivity contribution in [2.45, 2.75) is 13.8 Å². The Hall–Kier alpha value is -2.50. The maximum Gasteiger partial charge on any atom is 0.335 e. The molecule has 6 nitrogen and oxygen atoms in total. The molecule has 2 aromatic rings. The molecule has 1 aromatic heterocycles. The number of hydrogen-bond donors (Lipinski definition) is 2. The summed E-state index contributed by atoms with van der Waals surface area (Å²) >= 11 is 0. The molecule has 0 saturated heterocycles. The summed E-state index contributed by atoms with van der Waals surface area (Å²) in [6, 6.07) is 6.31. The van der Waals surface area contributed by atoms with Gasteiger partial charge in [-0.05, 0) is 32.0 Å². The number of aromatic nitrogens is 2. The van der Waals surface area contributed by atoms with Crippen molar-refractivity contribution < 1.29 is 9.90 Å². The van der Waals surface area contributed by atoms with Gasteiger partial charge in [0.2, 0.25) is 0 Å². The van der Waals surface area contributed by atoms with Gasteiger partial charge in [-0.1, -0.05) is 6.07 Å². The first-order chi connectivity index (χ1) is 8.58. The maximum atomic E-state index is 10.8. The van der Waals surface area contributed by atoms with Crippen LogP contribution in [0.4, 0.5) is 11.4 Å². The van der Waals surface area contributed by atoms with Gasteiger partial charge in [0.25, 0.3) is 0 Å². The van der Waals surface area contributed by atoms with Gasteiger partial charge in [-0.3, -0.25) is 5.10 Å². The van der Waals surface area contributed by atoms with E-state index in [9.17, 15) is 4.79 Å². The van der Waals surface area contributed by atoms with Gasteiger partial charge < -0.3 is 5.11 Å². The van der Waals surface area contributed by atoms with E-state index >= 15 is 0 Å². The van der Waals surface area contributed by atoms with Crippen LogP contribution in [0.1, 0.15) is 21.7 Å². The molecule has 0 atom stereocenters. The first-order valence-corrected chi connectivity index (χ1v) is 5.34. The highest BCUT2D eigenvalue weighted by Crippen LogP contribution is 2.23. The summed E-state index contributed by atoms with van der Waals surface area (Å²) in [5.74, 6) is -0.984. The fourth-order valence-corrected chi connectivity index (χ4v) is 1.50. The molecule has 1 heterocycles. The normalized spacial score (nSPS) is 11.0. The molecule has 1 aromatic carbocycles. The number of hydrogen-bond acceptors (Lipinski definition) is 4. The predicted molar refractivity (Wildman–Crippen MR) is 65.6 cm³/mol. The number of nitrogens with one attached hydrogen (secondary N) is 1. The second-order valence-electron chi connectivity index (χ2n) is 3.84. The van der Waals surface area contributed by atoms with Crippen molar-refractivity contribution in [3.05, 3.63) is 41.2 Å². The van der Waals surface area contributed by atoms with Gasteiger partial charge in [-0.15, -0.1) is 5.11 Å². The molecule has 0 amide bonds. The van der Waals surface area contributed by atoms with Gasteiger partial charge in [0.05, 0.1) is 22.6 Å². The molecule has 0 aliphatic carbocycles. The van der Waals surface area contributed by atoms with Gasteiger partial charge in [0, 0.05) is 0 Å². The molecule has 0 unspecified atom stereocenters. The van der Waals surface area contributed by atoms with Gasteiger partial charge in [0.1, 0.15) is 5.69 Å². The Bertz CT molecular complexity index is 597. The van der Waals surface area contributed by atoms with Gasteiger partial charge in [-0.25, -0.2) is 4.79 Å². The number of rotatable bonds is 3. The Kier molecular flexibility index (Phi) is 3.18. The first kappa shape index (κ1) is 12.0. The molecule has 0 fully saturated rings. The first-order valence-electron chi connectivity index (χ1n) is 5.34. The summed E-state index contributed by atoms with van der Waals surface area (Å²) < 4.78 is 0. The van der Waals surface area contributed by atoms with E-state index in [1.807, 2.05) is 13.8 Å². The number of aromatic carboxylic acids is 1. The summed E-state index contributed by atoms with van der Waals surface area (Å²) in [7, 11) is 0. The van der Waals surface area contributed by atoms with E-state index in [1.54, 1.807) is 12.1 Å². The van der Waals surface area contributed by atoms with Crippen molar-refractivity contribution in [1.82, 2.24) is 10.2 Å². The van der Waals surface area contributed by atoms with Crippen LogP contribution in [0, 0.1) is 13.8 Å². The van der Waals surface area contributed by atoms with E-state index in [4.69, 9.17) is 5.11 Å². The lowest BCUT2D eigenvalue weighted by Crippen LogP contribution is -1.94. The van der Waals surface area contributed by atoms with Crippen LogP contribution in [0.25, 0.3) is 0 Å². The minimum Gasteiger partial charge on any atom is -0.478 e. The minimum absolute atomic E-state index is 0.187. The zero-order valence-electron chi connectivity index (χ0n) is 10.0. The van der Waals surface area contributed by atoms with Crippen molar-refractivity contribution >= 4 is 17.3 Å². The lowest BCUT2D eigenvalue weighted by atomic mass is 10.2. The molecule has 2 rings (SSSR count). The number of aryl methyl sites for hydroxylation is 2. The third-order valence-corrected chi connectivity index (χ3v) is 2.45. The van der Waals surface area contributed by atoms with Crippen LogP contribution >= 0.6 is 0 Å². The molecule has 6 heteroatoms. The van der Waals surface area contributed by atoms with Crippen LogP contribution < -0.4 is 0 Å². The van der Waals surface area contributed by atoms with Crippen molar-refractivity contribution in [3.8, 4) is 0 Å². The largest absolute Gasteiger partial charge is 0.478 e. The second-order valence-corrected chi connectivity index (χ2v) is 3.84. The molecular weight excluding hydrogens is 232 g/mol. The molecule has 0 bridgehead atoms. The number of H-pyrrole nitrogens is 1. The van der Waals surface area contributed by atoms with Crippen molar-refractivity contribution in [2.24, 2.45) is 10.2 Å². The van der Waals surface area contributed by atoms with Crippen LogP contribution in [0.3, 0.4) is 0 Å². The fourth-order valence-electron chi connectivity index (χ4n) is 1.50. The average Bonchev–Trinajstić information content (AvgIpc) is 2.67. The molecular formula is C12H12N4O2. The topological polar surface area (TPSA) is 90.7 Å². The van der Waals surface area contributed by atoms with E-state index in [1.165, 1.54) is 12.1 Å². The highest BCUT2D eigenvalue weighted by Gasteiger charge is 2.05. The number of nitrogens with zero attached hydrogens (tertiary/aromatic N) is 3. The standard InChI is InChI=1S/C12H12N4O2/c1-7-11(8(2)14-13-7)16-15-10-5-3-4-9(6-10)12(17)18/h3-6H,1-2H3,(H,13,14)(H,17,18). The summed E-state index contributed by atoms with van der Waals surface area (Å²) in [5, 5.41) is 23.8. The highest BCUT2D eigenvalue weighted by atomic mass is 16.4. The highest BCUT2D eigenvalue weighted by molar-refractivity contribution is 5.88. The molecule has 0 aliphatic heterocycles. The number of aromatic amines is 1. The number of azo groups is 1. The predicted octanol–water partition coefficient (Wildman–Crippen LogP) is 3.14. The van der Waals surface area contributed by atoms with Crippen molar-refractivity contribution in [2.75, 3.05) is 0 Å². The monoisotopic (exact) mass is 244 g/mol. The van der Waals surface area contributed by atoms with Crippen molar-refractivity contribution in [1.29, 1.82) is 0 Å². The Labute approximate surface area is 103 Å². The van der Waals surface area contributed by atoms with Gasteiger partial charge >= 0.3 is 5.97 Å². The Morgan fingerprint density at radius 1 is 1.33 bits per heavy atom. The van der Waals surface area contributed by atoms with Crippen molar-refractivity contribution in [3.63, 3.8) is 0 Å². The molecule has 18 heavy (non-hydrogen) atoms. The van der Waals surface area contributed by atoms with Crippen LogP contribution in [-0.4, -0.2) is 21.3 Å². The van der Waals surface area contributed by atoms with E-state index in [0.717, 1.165) is 11.4 Å². The van der Waals surface area contributed by atoms with Gasteiger partial charge in [-0.2, -0.15) is 10.2 Å². The smallest absolute Gasteiger partial charge is 0.335 e. The number of carboxylic acid groups (broad SMARTS) is 1. The Morgan fingerprint density at radius 3 is 2.72 bits per heavy atom. The van der Waals surface area contributed by atoms with E-state index in [0.29, 0.717) is 11.4 Å². The second kappa shape index (κ2) is 4.79. The zero-order valence-corrected chi connectivity index (χ0v) is 10.0. The third-order valence-electron chi connectivity index (χ3n) is 2.45. The lowest BCUT2D eigenvalue weighted by molar-refractivity contribution is 0.0697. The minimum atomic E-state index is -0.984. The molecule has 92 valence electrons. The molecule has 0 aliphatic rings. The molecule has 0 saturated carbocycles. The van der Waals surface area contributed by atoms with Crippen LogP contribution in [0.5, 0.6) is 0 Å². The van der Waals surface area contributed by atoms with Gasteiger partial charge in [0.15, 0.2) is 0 Å². The van der Waals surface area contributed by atoms with E-state index in [-0.39, 0.29) is 5.56 Å². The molecule has 2 N–H and O–H groups in total. The Balaban J connectivity index is 2.29. The quantitative estimate of drug-likeness (QED) is 0.812. The van der Waals surface area contributed by atoms with Crippen LogP contribution in [0.15, 0.2) is 34.5 Å². The number of benzene rings is 1. The molecule has 0 spiro atoms. The number of carbonyl (C=O) groups is 1. The average molecular weight is 244 g/mol. The summed E-state index contributed by atoms with van der Waals surface area (Å²) in [4.78, 5) is 10.8. The summed E-state index contributed by atoms with van der Waals surface area (Å²) in [6.45, 7) is 3.67. The van der Waals surface area contributed by atoms with Crippen LogP contribution in [-0.2, 0) is 0 Å². The SMILES string of the molecule is Cc1n[nH]c(C)c1N=Nc1cccc(C(=O)O)c1. The fraction of sp³-hybridized carbons (Fsp3) is 0.167. The number of carboxylic acids is 1. The summed E-state index contributed by atoms with van der Waals surface area (Å²) in [6.07, 6.45) is 0. The summed E-state index contributed by atoms with van der Waals surface area (Å²) in [5.41, 5.74) is 2.94.